The maximum absolute atomic E-state index is 5.53. The third kappa shape index (κ3) is 3.35. The first-order chi connectivity index (χ1) is 22.8. The number of fused-ring (bicyclic) bond motifs is 13. The van der Waals surface area contributed by atoms with E-state index in [9.17, 15) is 0 Å². The fraction of sp³-hybridized carbons (Fsp3) is 0. The number of benzene rings is 6. The van der Waals surface area contributed by atoms with E-state index in [0.29, 0.717) is 5.95 Å². The topological polar surface area (TPSA) is 30.7 Å². The van der Waals surface area contributed by atoms with E-state index in [1.165, 1.54) is 66.7 Å². The zero-order chi connectivity index (χ0) is 29.9. The van der Waals surface area contributed by atoms with Gasteiger partial charge in [0.2, 0.25) is 5.95 Å². The van der Waals surface area contributed by atoms with Gasteiger partial charge in [-0.2, -0.15) is 0 Å². The third-order valence-electron chi connectivity index (χ3n) is 9.26. The molecule has 11 rings (SSSR count). The minimum Gasteiger partial charge on any atom is -0.276 e. The zero-order valence-electron chi connectivity index (χ0n) is 24.2. The molecule has 0 saturated heterocycles. The number of nitrogens with zero attached hydrogens (tertiary/aromatic N) is 3. The van der Waals surface area contributed by atoms with E-state index in [2.05, 4.69) is 132 Å². The molecule has 46 heavy (non-hydrogen) atoms. The Labute approximate surface area is 274 Å². The molecule has 6 aromatic carbocycles. The van der Waals surface area contributed by atoms with Crippen molar-refractivity contribution in [1.29, 1.82) is 0 Å². The molecule has 0 N–H and O–H groups in total. The van der Waals surface area contributed by atoms with Crippen molar-refractivity contribution in [2.75, 3.05) is 0 Å². The average molecular weight is 640 g/mol. The molecule has 0 radical (unpaired) electrons. The Morgan fingerprint density at radius 1 is 0.457 bits per heavy atom. The Morgan fingerprint density at radius 3 is 1.91 bits per heavy atom. The SMILES string of the molecule is c1ccc2c(c1)sc1ccc(-c3nc(-n4c5ccccc5c5ccc6c7ccccc7sc6c54)nc4sc5ccccc5c34)cc12. The summed E-state index contributed by atoms with van der Waals surface area (Å²) in [6, 6.07) is 46.1. The van der Waals surface area contributed by atoms with Crippen molar-refractivity contribution in [2.45, 2.75) is 0 Å². The summed E-state index contributed by atoms with van der Waals surface area (Å²) in [5.74, 6) is 0.709. The Balaban J connectivity index is 1.30. The molecule has 0 aliphatic rings. The fourth-order valence-corrected chi connectivity index (χ4v) is 10.6. The van der Waals surface area contributed by atoms with E-state index in [1.807, 2.05) is 22.7 Å². The lowest BCUT2D eigenvalue weighted by Crippen LogP contribution is -2.02. The summed E-state index contributed by atoms with van der Waals surface area (Å²) in [6.07, 6.45) is 0. The number of aromatic nitrogens is 3. The van der Waals surface area contributed by atoms with Crippen LogP contribution in [0.2, 0.25) is 0 Å². The molecule has 0 bridgehead atoms. The highest BCUT2D eigenvalue weighted by Crippen LogP contribution is 2.45. The molecule has 5 heterocycles. The highest BCUT2D eigenvalue weighted by atomic mass is 32.1. The highest BCUT2D eigenvalue weighted by molar-refractivity contribution is 7.27. The van der Waals surface area contributed by atoms with Gasteiger partial charge in [-0.3, -0.25) is 4.57 Å². The second-order valence-electron chi connectivity index (χ2n) is 11.7. The maximum atomic E-state index is 5.53. The average Bonchev–Trinajstić information content (AvgIpc) is 3.86. The fourth-order valence-electron chi connectivity index (χ4n) is 7.23. The first kappa shape index (κ1) is 25.1. The molecule has 0 saturated carbocycles. The van der Waals surface area contributed by atoms with Crippen LogP contribution in [0.1, 0.15) is 0 Å². The van der Waals surface area contributed by atoms with Gasteiger partial charge in [0.15, 0.2) is 0 Å². The van der Waals surface area contributed by atoms with Gasteiger partial charge in [-0.25, -0.2) is 9.97 Å². The zero-order valence-corrected chi connectivity index (χ0v) is 26.6. The van der Waals surface area contributed by atoms with Gasteiger partial charge in [0.1, 0.15) is 4.83 Å². The predicted octanol–water partition coefficient (Wildman–Crippen LogP) is 12.3. The van der Waals surface area contributed by atoms with E-state index < -0.39 is 0 Å². The van der Waals surface area contributed by atoms with Crippen molar-refractivity contribution in [3.8, 4) is 17.2 Å². The standard InChI is InChI=1S/C40H21N3S3/c1-5-13-30-23(9-1)26-18-19-27-24-10-2-7-15-32(24)45-38(27)37(26)43(30)40-41-36(35-28-12-4-8-16-33(28)46-39(35)42-40)22-17-20-34-29(21-22)25-11-3-6-14-31(25)44-34/h1-21H. The first-order valence-electron chi connectivity index (χ1n) is 15.2. The predicted molar refractivity (Wildman–Crippen MR) is 200 cm³/mol. The molecule has 0 amide bonds. The number of hydrogen-bond acceptors (Lipinski definition) is 5. The van der Waals surface area contributed by atoms with Crippen LogP contribution in [0.4, 0.5) is 0 Å². The van der Waals surface area contributed by atoms with Crippen LogP contribution < -0.4 is 0 Å². The lowest BCUT2D eigenvalue weighted by atomic mass is 10.0. The van der Waals surface area contributed by atoms with Crippen LogP contribution in [0.25, 0.3) is 99.7 Å². The molecule has 6 heteroatoms. The maximum Gasteiger partial charge on any atom is 0.236 e. The van der Waals surface area contributed by atoms with E-state index in [1.54, 1.807) is 11.3 Å². The van der Waals surface area contributed by atoms with Gasteiger partial charge in [-0.15, -0.1) is 34.0 Å². The van der Waals surface area contributed by atoms with Crippen LogP contribution >= 0.6 is 34.0 Å². The molecular weight excluding hydrogens is 619 g/mol. The van der Waals surface area contributed by atoms with Crippen molar-refractivity contribution in [2.24, 2.45) is 0 Å². The molecule has 0 unspecified atom stereocenters. The van der Waals surface area contributed by atoms with Crippen LogP contribution in [-0.4, -0.2) is 14.5 Å². The van der Waals surface area contributed by atoms with Gasteiger partial charge in [0.25, 0.3) is 0 Å². The third-order valence-corrected chi connectivity index (χ3v) is 12.7. The quantitative estimate of drug-likeness (QED) is 0.188. The normalized spacial score (nSPS) is 12.3. The Kier molecular flexibility index (Phi) is 5.02. The monoisotopic (exact) mass is 639 g/mol. The summed E-state index contributed by atoms with van der Waals surface area (Å²) in [5, 5.41) is 9.89. The molecular formula is C40H21N3S3. The first-order valence-corrected chi connectivity index (χ1v) is 17.7. The summed E-state index contributed by atoms with van der Waals surface area (Å²) in [6.45, 7) is 0. The van der Waals surface area contributed by atoms with E-state index >= 15 is 0 Å². The van der Waals surface area contributed by atoms with Crippen molar-refractivity contribution in [3.05, 3.63) is 127 Å². The summed E-state index contributed by atoms with van der Waals surface area (Å²) in [4.78, 5) is 11.9. The molecule has 0 atom stereocenters. The lowest BCUT2D eigenvalue weighted by molar-refractivity contribution is 1.02. The van der Waals surface area contributed by atoms with Crippen LogP contribution in [0, 0.1) is 0 Å². The summed E-state index contributed by atoms with van der Waals surface area (Å²) in [7, 11) is 0. The lowest BCUT2D eigenvalue weighted by Gasteiger charge is -2.11. The van der Waals surface area contributed by atoms with E-state index in [0.717, 1.165) is 27.0 Å². The molecule has 214 valence electrons. The number of thiophene rings is 3. The van der Waals surface area contributed by atoms with Crippen molar-refractivity contribution >= 4 is 116 Å². The summed E-state index contributed by atoms with van der Waals surface area (Å²) < 4.78 is 8.69. The highest BCUT2D eigenvalue weighted by Gasteiger charge is 2.22. The van der Waals surface area contributed by atoms with Crippen molar-refractivity contribution in [1.82, 2.24) is 14.5 Å². The van der Waals surface area contributed by atoms with Crippen molar-refractivity contribution in [3.63, 3.8) is 0 Å². The van der Waals surface area contributed by atoms with Crippen LogP contribution in [0.15, 0.2) is 127 Å². The van der Waals surface area contributed by atoms with Crippen molar-refractivity contribution < 1.29 is 0 Å². The second kappa shape index (κ2) is 9.21. The van der Waals surface area contributed by atoms with E-state index in [-0.39, 0.29) is 0 Å². The minimum atomic E-state index is 0.709. The molecule has 0 aliphatic heterocycles. The van der Waals surface area contributed by atoms with Gasteiger partial charge in [-0.05, 0) is 36.4 Å². The molecule has 5 aromatic heterocycles. The number of para-hydroxylation sites is 1. The summed E-state index contributed by atoms with van der Waals surface area (Å²) >= 11 is 5.45. The Bertz CT molecular complexity index is 3050. The second-order valence-corrected chi connectivity index (χ2v) is 14.9. The molecule has 0 spiro atoms. The minimum absolute atomic E-state index is 0.709. The molecule has 0 fully saturated rings. The van der Waals surface area contributed by atoms with E-state index in [4.69, 9.17) is 9.97 Å². The van der Waals surface area contributed by atoms with Gasteiger partial charge in [-0.1, -0.05) is 91.0 Å². The number of hydrogen-bond donors (Lipinski definition) is 0. The Morgan fingerprint density at radius 2 is 1.09 bits per heavy atom. The molecule has 0 aliphatic carbocycles. The van der Waals surface area contributed by atoms with Gasteiger partial charge in [0, 0.05) is 67.5 Å². The Hall–Kier alpha value is -5.14. The largest absolute Gasteiger partial charge is 0.276 e. The van der Waals surface area contributed by atoms with Crippen LogP contribution in [-0.2, 0) is 0 Å². The van der Waals surface area contributed by atoms with Crippen LogP contribution in [0.5, 0.6) is 0 Å². The molecule has 3 nitrogen and oxygen atoms in total. The summed E-state index contributed by atoms with van der Waals surface area (Å²) in [5.41, 5.74) is 4.38. The molecule has 11 aromatic rings. The van der Waals surface area contributed by atoms with Gasteiger partial charge in [0.05, 0.1) is 21.4 Å². The smallest absolute Gasteiger partial charge is 0.236 e. The van der Waals surface area contributed by atoms with Gasteiger partial charge >= 0.3 is 0 Å². The number of rotatable bonds is 2. The van der Waals surface area contributed by atoms with Gasteiger partial charge < -0.3 is 0 Å². The van der Waals surface area contributed by atoms with Crippen LogP contribution in [0.3, 0.4) is 0 Å².